The zero-order valence-corrected chi connectivity index (χ0v) is 9.54. The van der Waals surface area contributed by atoms with Crippen LogP contribution >= 0.6 is 0 Å². The molecule has 1 fully saturated rings. The number of hydrogen-bond acceptors (Lipinski definition) is 0. The van der Waals surface area contributed by atoms with Gasteiger partial charge in [-0.2, -0.15) is 0 Å². The second kappa shape index (κ2) is 7.84. The van der Waals surface area contributed by atoms with Crippen molar-refractivity contribution in [1.29, 1.82) is 0 Å². The Morgan fingerprint density at radius 1 is 1.07 bits per heavy atom. The molecule has 0 unspecified atom stereocenters. The highest BCUT2D eigenvalue weighted by Gasteiger charge is 2.08. The van der Waals surface area contributed by atoms with E-state index in [1.54, 1.807) is 0 Å². The Morgan fingerprint density at radius 3 is 2.57 bits per heavy atom. The average Bonchev–Trinajstić information content (AvgIpc) is 2.25. The zero-order valence-electron chi connectivity index (χ0n) is 9.54. The van der Waals surface area contributed by atoms with Gasteiger partial charge >= 0.3 is 0 Å². The second-order valence-electron chi connectivity index (χ2n) is 4.35. The third-order valence-corrected chi connectivity index (χ3v) is 3.00. The molecule has 1 saturated carbocycles. The van der Waals surface area contributed by atoms with E-state index >= 15 is 0 Å². The van der Waals surface area contributed by atoms with Crippen LogP contribution in [0.3, 0.4) is 0 Å². The quantitative estimate of drug-likeness (QED) is 0.430. The first kappa shape index (κ1) is 11.6. The molecule has 0 aromatic carbocycles. The fourth-order valence-corrected chi connectivity index (χ4v) is 2.04. The summed E-state index contributed by atoms with van der Waals surface area (Å²) in [6.45, 7) is 2.24. The summed E-state index contributed by atoms with van der Waals surface area (Å²) in [5, 5.41) is 0. The molecule has 0 aliphatic heterocycles. The molecule has 1 rings (SSSR count). The number of hydrogen-bond donors (Lipinski definition) is 0. The van der Waals surface area contributed by atoms with Crippen LogP contribution in [0.25, 0.3) is 0 Å². The topological polar surface area (TPSA) is 0 Å². The first-order chi connectivity index (χ1) is 6.93. The van der Waals surface area contributed by atoms with E-state index in [-0.39, 0.29) is 0 Å². The third kappa shape index (κ3) is 5.26. The van der Waals surface area contributed by atoms with Gasteiger partial charge in [-0.05, 0) is 25.2 Å². The van der Waals surface area contributed by atoms with Gasteiger partial charge in [0.1, 0.15) is 0 Å². The van der Waals surface area contributed by atoms with Crippen molar-refractivity contribution in [2.45, 2.75) is 58.3 Å². The van der Waals surface area contributed by atoms with Crippen LogP contribution in [0.2, 0.25) is 0 Å². The van der Waals surface area contributed by atoms with Gasteiger partial charge in [-0.15, -0.1) is 0 Å². The summed E-state index contributed by atoms with van der Waals surface area (Å²) < 4.78 is 0. The zero-order chi connectivity index (χ0) is 10.1. The van der Waals surface area contributed by atoms with Crippen molar-refractivity contribution in [2.24, 2.45) is 5.92 Å². The molecular weight excluding hydrogens is 168 g/mol. The molecule has 14 heavy (non-hydrogen) atoms. The van der Waals surface area contributed by atoms with Crippen molar-refractivity contribution in [3.8, 4) is 0 Å². The van der Waals surface area contributed by atoms with Crippen LogP contribution in [0.4, 0.5) is 0 Å². The lowest BCUT2D eigenvalue weighted by atomic mass is 9.89. The summed E-state index contributed by atoms with van der Waals surface area (Å²) in [5.41, 5.74) is 0. The van der Waals surface area contributed by atoms with E-state index in [0.29, 0.717) is 0 Å². The number of unbranched alkanes of at least 4 members (excludes halogenated alkanes) is 2. The van der Waals surface area contributed by atoms with Crippen LogP contribution in [-0.4, -0.2) is 0 Å². The van der Waals surface area contributed by atoms with E-state index < -0.39 is 0 Å². The van der Waals surface area contributed by atoms with Crippen LogP contribution in [0.15, 0.2) is 24.3 Å². The minimum atomic E-state index is 0.875. The van der Waals surface area contributed by atoms with E-state index in [1.807, 2.05) is 0 Å². The molecule has 0 aromatic rings. The van der Waals surface area contributed by atoms with Gasteiger partial charge in [-0.3, -0.25) is 0 Å². The maximum atomic E-state index is 2.40. The second-order valence-corrected chi connectivity index (χ2v) is 4.35. The molecular formula is C14H24. The van der Waals surface area contributed by atoms with Crippen molar-refractivity contribution in [3.63, 3.8) is 0 Å². The van der Waals surface area contributed by atoms with Crippen molar-refractivity contribution < 1.29 is 0 Å². The van der Waals surface area contributed by atoms with Crippen LogP contribution in [-0.2, 0) is 0 Å². The van der Waals surface area contributed by atoms with Crippen molar-refractivity contribution >= 4 is 0 Å². The predicted octanol–water partition coefficient (Wildman–Crippen LogP) is 4.87. The smallest absolute Gasteiger partial charge is 0.0230 e. The number of rotatable bonds is 5. The molecule has 0 bridgehead atoms. The highest BCUT2D eigenvalue weighted by Crippen LogP contribution is 2.24. The lowest BCUT2D eigenvalue weighted by Crippen LogP contribution is -2.02. The average molecular weight is 192 g/mol. The monoisotopic (exact) mass is 192 g/mol. The van der Waals surface area contributed by atoms with E-state index in [4.69, 9.17) is 0 Å². The third-order valence-electron chi connectivity index (χ3n) is 3.00. The van der Waals surface area contributed by atoms with Crippen molar-refractivity contribution in [1.82, 2.24) is 0 Å². The Labute approximate surface area is 89.1 Å². The Bertz CT molecular complexity index is 170. The molecule has 0 heteroatoms. The van der Waals surface area contributed by atoms with Crippen LogP contribution in [0.5, 0.6) is 0 Å². The SMILES string of the molecule is CCCC/C=C\C=C\C1CCCCC1. The summed E-state index contributed by atoms with van der Waals surface area (Å²) in [6.07, 6.45) is 20.2. The maximum absolute atomic E-state index is 2.40. The first-order valence-electron chi connectivity index (χ1n) is 6.27. The van der Waals surface area contributed by atoms with E-state index in [9.17, 15) is 0 Å². The summed E-state index contributed by atoms with van der Waals surface area (Å²) >= 11 is 0. The van der Waals surface area contributed by atoms with E-state index in [0.717, 1.165) is 5.92 Å². The summed E-state index contributed by atoms with van der Waals surface area (Å²) in [6, 6.07) is 0. The van der Waals surface area contributed by atoms with Crippen LogP contribution in [0.1, 0.15) is 58.3 Å². The van der Waals surface area contributed by atoms with Crippen molar-refractivity contribution in [3.05, 3.63) is 24.3 Å². The molecule has 1 aliphatic rings. The number of allylic oxidation sites excluding steroid dienone is 4. The minimum Gasteiger partial charge on any atom is -0.0845 e. The Morgan fingerprint density at radius 2 is 1.86 bits per heavy atom. The van der Waals surface area contributed by atoms with Gasteiger partial charge in [0.15, 0.2) is 0 Å². The van der Waals surface area contributed by atoms with Gasteiger partial charge in [-0.25, -0.2) is 0 Å². The molecule has 0 radical (unpaired) electrons. The Hall–Kier alpha value is -0.520. The first-order valence-corrected chi connectivity index (χ1v) is 6.27. The van der Waals surface area contributed by atoms with Gasteiger partial charge in [0, 0.05) is 0 Å². The lowest BCUT2D eigenvalue weighted by Gasteiger charge is -2.17. The molecule has 0 heterocycles. The van der Waals surface area contributed by atoms with Gasteiger partial charge in [0.25, 0.3) is 0 Å². The lowest BCUT2D eigenvalue weighted by molar-refractivity contribution is 0.419. The fourth-order valence-electron chi connectivity index (χ4n) is 2.04. The Kier molecular flexibility index (Phi) is 6.47. The minimum absolute atomic E-state index is 0.875. The molecule has 0 aromatic heterocycles. The molecule has 0 amide bonds. The van der Waals surface area contributed by atoms with Crippen LogP contribution in [0, 0.1) is 5.92 Å². The standard InChI is InChI=1S/C14H24/c1-2-3-4-5-6-8-11-14-12-9-7-10-13-14/h5-6,8,11,14H,2-4,7,9-10,12-13H2,1H3/b6-5-,11-8+. The van der Waals surface area contributed by atoms with Gasteiger partial charge < -0.3 is 0 Å². The fraction of sp³-hybridized carbons (Fsp3) is 0.714. The molecule has 0 nitrogen and oxygen atoms in total. The van der Waals surface area contributed by atoms with Gasteiger partial charge in [0.2, 0.25) is 0 Å². The largest absolute Gasteiger partial charge is 0.0845 e. The Balaban J connectivity index is 2.09. The molecule has 80 valence electrons. The molecule has 0 N–H and O–H groups in total. The highest BCUT2D eigenvalue weighted by atomic mass is 14.1. The normalized spacial score (nSPS) is 19.8. The summed E-state index contributed by atoms with van der Waals surface area (Å²) in [4.78, 5) is 0. The van der Waals surface area contributed by atoms with E-state index in [2.05, 4.69) is 31.2 Å². The summed E-state index contributed by atoms with van der Waals surface area (Å²) in [7, 11) is 0. The molecule has 0 atom stereocenters. The van der Waals surface area contributed by atoms with Gasteiger partial charge in [0.05, 0.1) is 0 Å². The highest BCUT2D eigenvalue weighted by molar-refractivity contribution is 5.04. The summed E-state index contributed by atoms with van der Waals surface area (Å²) in [5.74, 6) is 0.875. The van der Waals surface area contributed by atoms with Crippen LogP contribution < -0.4 is 0 Å². The maximum Gasteiger partial charge on any atom is -0.0230 e. The van der Waals surface area contributed by atoms with Gasteiger partial charge in [-0.1, -0.05) is 63.3 Å². The molecule has 0 spiro atoms. The molecule has 0 saturated heterocycles. The predicted molar refractivity (Wildman–Crippen MR) is 64.4 cm³/mol. The van der Waals surface area contributed by atoms with Crippen molar-refractivity contribution in [2.75, 3.05) is 0 Å². The van der Waals surface area contributed by atoms with E-state index in [1.165, 1.54) is 51.4 Å². The molecule has 1 aliphatic carbocycles.